The molecule has 0 aromatic heterocycles. The maximum Gasteiger partial charge on any atom is 0.410 e. The van der Waals surface area contributed by atoms with Crippen molar-refractivity contribution >= 4 is 6.09 Å². The molecular weight excluding hydrogens is 242 g/mol. The van der Waals surface area contributed by atoms with Crippen LogP contribution in [0.1, 0.15) is 41.0 Å². The Hall–Kier alpha value is -0.810. The fourth-order valence-corrected chi connectivity index (χ4v) is 3.24. The first kappa shape index (κ1) is 14.6. The molecular formula is C14H27N3O2. The molecule has 0 saturated carbocycles. The lowest BCUT2D eigenvalue weighted by atomic mass is 9.83. The number of nitrogens with zero attached hydrogens (tertiary/aromatic N) is 2. The van der Waals surface area contributed by atoms with Crippen molar-refractivity contribution in [2.45, 2.75) is 64.3 Å². The third-order valence-corrected chi connectivity index (χ3v) is 4.15. The summed E-state index contributed by atoms with van der Waals surface area (Å²) in [6, 6.07) is 0.628. The lowest BCUT2D eigenvalue weighted by molar-refractivity contribution is -0.0621. The van der Waals surface area contributed by atoms with Crippen LogP contribution in [0.2, 0.25) is 0 Å². The van der Waals surface area contributed by atoms with Crippen LogP contribution in [0.15, 0.2) is 0 Å². The van der Waals surface area contributed by atoms with E-state index >= 15 is 0 Å². The molecule has 2 heterocycles. The molecule has 1 atom stereocenters. The van der Waals surface area contributed by atoms with Gasteiger partial charge < -0.3 is 15.4 Å². The highest BCUT2D eigenvalue weighted by atomic mass is 16.6. The summed E-state index contributed by atoms with van der Waals surface area (Å²) < 4.78 is 5.40. The molecule has 2 aliphatic rings. The van der Waals surface area contributed by atoms with Crippen LogP contribution in [0.5, 0.6) is 0 Å². The van der Waals surface area contributed by atoms with Gasteiger partial charge >= 0.3 is 6.09 Å². The van der Waals surface area contributed by atoms with E-state index in [1.165, 1.54) is 0 Å². The Morgan fingerprint density at radius 1 is 1.37 bits per heavy atom. The zero-order valence-electron chi connectivity index (χ0n) is 12.8. The minimum atomic E-state index is -0.435. The number of hydrogen-bond acceptors (Lipinski definition) is 4. The zero-order valence-corrected chi connectivity index (χ0v) is 12.8. The monoisotopic (exact) mass is 269 g/mol. The van der Waals surface area contributed by atoms with Gasteiger partial charge in [0.25, 0.3) is 0 Å². The predicted molar refractivity (Wildman–Crippen MR) is 75.0 cm³/mol. The summed E-state index contributed by atoms with van der Waals surface area (Å²) in [6.07, 6.45) is 0.793. The summed E-state index contributed by atoms with van der Waals surface area (Å²) >= 11 is 0. The van der Waals surface area contributed by atoms with Crippen LogP contribution < -0.4 is 5.73 Å². The van der Waals surface area contributed by atoms with E-state index in [1.54, 1.807) is 4.90 Å². The fourth-order valence-electron chi connectivity index (χ4n) is 3.24. The summed E-state index contributed by atoms with van der Waals surface area (Å²) in [6.45, 7) is 12.5. The molecule has 0 radical (unpaired) electrons. The first-order valence-corrected chi connectivity index (χ1v) is 7.16. The van der Waals surface area contributed by atoms with Crippen molar-refractivity contribution < 1.29 is 9.53 Å². The van der Waals surface area contributed by atoms with Gasteiger partial charge in [-0.1, -0.05) is 0 Å². The van der Waals surface area contributed by atoms with E-state index in [-0.39, 0.29) is 17.7 Å². The Kier molecular flexibility index (Phi) is 3.56. The summed E-state index contributed by atoms with van der Waals surface area (Å²) in [5.74, 6) is 0. The molecule has 0 aromatic rings. The summed E-state index contributed by atoms with van der Waals surface area (Å²) in [5.41, 5.74) is 5.81. The van der Waals surface area contributed by atoms with Gasteiger partial charge in [-0.05, 0) is 41.0 Å². The van der Waals surface area contributed by atoms with Gasteiger partial charge in [0.05, 0.1) is 5.54 Å². The van der Waals surface area contributed by atoms with Gasteiger partial charge in [0.1, 0.15) is 5.60 Å². The number of ether oxygens (including phenoxy) is 1. The van der Waals surface area contributed by atoms with Crippen LogP contribution in [0.4, 0.5) is 4.79 Å². The van der Waals surface area contributed by atoms with Gasteiger partial charge in [-0.15, -0.1) is 0 Å². The highest BCUT2D eigenvalue weighted by Crippen LogP contribution is 2.38. The third-order valence-electron chi connectivity index (χ3n) is 4.15. The Labute approximate surface area is 116 Å². The van der Waals surface area contributed by atoms with Crippen LogP contribution in [-0.4, -0.2) is 58.8 Å². The SMILES string of the molecule is CC(C)N1CCC(N)C12CN(C(=O)OC(C)(C)C)C2. The number of amides is 1. The molecule has 0 bridgehead atoms. The quantitative estimate of drug-likeness (QED) is 0.782. The van der Waals surface area contributed by atoms with Crippen molar-refractivity contribution in [3.8, 4) is 0 Å². The van der Waals surface area contributed by atoms with Gasteiger partial charge in [-0.2, -0.15) is 0 Å². The number of nitrogens with two attached hydrogens (primary N) is 1. The van der Waals surface area contributed by atoms with Gasteiger partial charge in [-0.3, -0.25) is 4.90 Å². The molecule has 2 aliphatic heterocycles. The Balaban J connectivity index is 1.99. The molecule has 2 saturated heterocycles. The molecule has 1 unspecified atom stereocenters. The maximum atomic E-state index is 12.0. The number of hydrogen-bond donors (Lipinski definition) is 1. The van der Waals surface area contributed by atoms with Crippen LogP contribution >= 0.6 is 0 Å². The Bertz CT molecular complexity index is 356. The number of carbonyl (C=O) groups is 1. The van der Waals surface area contributed by atoms with Crippen molar-refractivity contribution in [3.63, 3.8) is 0 Å². The second-order valence-corrected chi connectivity index (χ2v) is 7.12. The molecule has 2 N–H and O–H groups in total. The number of rotatable bonds is 1. The normalized spacial score (nSPS) is 26.9. The molecule has 1 spiro atoms. The summed E-state index contributed by atoms with van der Waals surface area (Å²) in [7, 11) is 0. The third kappa shape index (κ3) is 2.58. The number of likely N-dealkylation sites (tertiary alicyclic amines) is 2. The van der Waals surface area contributed by atoms with Gasteiger partial charge in [0.15, 0.2) is 0 Å². The van der Waals surface area contributed by atoms with Crippen molar-refractivity contribution in [2.75, 3.05) is 19.6 Å². The number of carbonyl (C=O) groups excluding carboxylic acids is 1. The average Bonchev–Trinajstić information content (AvgIpc) is 2.50. The second-order valence-electron chi connectivity index (χ2n) is 7.12. The maximum absolute atomic E-state index is 12.0. The van der Waals surface area contributed by atoms with E-state index in [0.717, 1.165) is 13.0 Å². The summed E-state index contributed by atoms with van der Waals surface area (Å²) in [5, 5.41) is 0. The standard InChI is InChI=1S/C14H27N3O2/c1-10(2)17-7-6-11(15)14(17)8-16(9-14)12(18)19-13(3,4)5/h10-11H,6-9,15H2,1-5H3. The first-order valence-electron chi connectivity index (χ1n) is 7.16. The first-order chi connectivity index (χ1) is 8.66. The van der Waals surface area contributed by atoms with E-state index < -0.39 is 5.60 Å². The minimum Gasteiger partial charge on any atom is -0.444 e. The van der Waals surface area contributed by atoms with Crippen molar-refractivity contribution in [1.29, 1.82) is 0 Å². The largest absolute Gasteiger partial charge is 0.444 e. The average molecular weight is 269 g/mol. The molecule has 1 amide bonds. The smallest absolute Gasteiger partial charge is 0.410 e. The molecule has 2 fully saturated rings. The topological polar surface area (TPSA) is 58.8 Å². The Morgan fingerprint density at radius 2 is 1.95 bits per heavy atom. The van der Waals surface area contributed by atoms with Crippen molar-refractivity contribution in [2.24, 2.45) is 5.73 Å². The molecule has 5 heteroatoms. The van der Waals surface area contributed by atoms with Crippen molar-refractivity contribution in [1.82, 2.24) is 9.80 Å². The fraction of sp³-hybridized carbons (Fsp3) is 0.929. The van der Waals surface area contributed by atoms with Gasteiger partial charge in [-0.25, -0.2) is 4.79 Å². The lowest BCUT2D eigenvalue weighted by Crippen LogP contribution is -2.75. The van der Waals surface area contributed by atoms with Gasteiger partial charge in [0.2, 0.25) is 0 Å². The van der Waals surface area contributed by atoms with Crippen molar-refractivity contribution in [3.05, 3.63) is 0 Å². The molecule has 2 rings (SSSR count). The lowest BCUT2D eigenvalue weighted by Gasteiger charge is -2.55. The second kappa shape index (κ2) is 4.63. The van der Waals surface area contributed by atoms with Gasteiger partial charge in [0, 0.05) is 31.7 Å². The highest BCUT2D eigenvalue weighted by molar-refractivity contribution is 5.70. The minimum absolute atomic E-state index is 0.0227. The molecule has 0 aliphatic carbocycles. The van der Waals surface area contributed by atoms with Crippen LogP contribution in [-0.2, 0) is 4.74 Å². The van der Waals surface area contributed by atoms with E-state index in [9.17, 15) is 4.79 Å². The summed E-state index contributed by atoms with van der Waals surface area (Å²) in [4.78, 5) is 16.2. The predicted octanol–water partition coefficient (Wildman–Crippen LogP) is 1.42. The molecule has 110 valence electrons. The van der Waals surface area contributed by atoms with Crippen LogP contribution in [0, 0.1) is 0 Å². The van der Waals surface area contributed by atoms with E-state index in [2.05, 4.69) is 18.7 Å². The van der Waals surface area contributed by atoms with Crippen LogP contribution in [0.25, 0.3) is 0 Å². The zero-order chi connectivity index (χ0) is 14.4. The molecule has 19 heavy (non-hydrogen) atoms. The Morgan fingerprint density at radius 3 is 2.42 bits per heavy atom. The highest BCUT2D eigenvalue weighted by Gasteiger charge is 2.57. The molecule has 0 aromatic carbocycles. The molecule has 5 nitrogen and oxygen atoms in total. The van der Waals surface area contributed by atoms with E-state index in [0.29, 0.717) is 19.1 Å². The van der Waals surface area contributed by atoms with E-state index in [4.69, 9.17) is 10.5 Å². The van der Waals surface area contributed by atoms with Crippen LogP contribution in [0.3, 0.4) is 0 Å². The van der Waals surface area contributed by atoms with E-state index in [1.807, 2.05) is 20.8 Å².